The molecule has 1 aromatic heterocycles. The third kappa shape index (κ3) is 4.05. The van der Waals surface area contributed by atoms with Crippen LogP contribution in [0, 0.1) is 0 Å². The molecule has 0 atom stereocenters. The maximum atomic E-state index is 12.6. The Bertz CT molecular complexity index is 697. The van der Waals surface area contributed by atoms with Crippen LogP contribution in [0.15, 0.2) is 47.9 Å². The Morgan fingerprint density at radius 2 is 2.05 bits per heavy atom. The molecule has 0 aliphatic heterocycles. The van der Waals surface area contributed by atoms with E-state index in [0.717, 1.165) is 18.2 Å². The summed E-state index contributed by atoms with van der Waals surface area (Å²) in [4.78, 5) is 3.38. The molecule has 21 heavy (non-hydrogen) atoms. The van der Waals surface area contributed by atoms with Crippen molar-refractivity contribution in [3.05, 3.63) is 48.5 Å². The van der Waals surface area contributed by atoms with E-state index in [0.29, 0.717) is 12.6 Å². The van der Waals surface area contributed by atoms with Crippen LogP contribution in [-0.4, -0.2) is 24.5 Å². The van der Waals surface area contributed by atoms with E-state index in [1.165, 1.54) is 6.33 Å². The summed E-state index contributed by atoms with van der Waals surface area (Å²) in [5.74, 6) is 0. The van der Waals surface area contributed by atoms with Crippen LogP contribution in [0.25, 0.3) is 0 Å². The first-order valence-corrected chi connectivity index (χ1v) is 7.40. The minimum absolute atomic E-state index is 0.0505. The molecular weight excluding hydrogens is 307 g/mol. The Morgan fingerprint density at radius 1 is 1.29 bits per heavy atom. The predicted octanol–water partition coefficient (Wildman–Crippen LogP) is 1.88. The normalized spacial score (nSPS) is 12.5. The van der Waals surface area contributed by atoms with Gasteiger partial charge in [0, 0.05) is 25.5 Å². The number of hydrogen-bond acceptors (Lipinski definition) is 3. The first-order valence-electron chi connectivity index (χ1n) is 5.92. The highest BCUT2D eigenvalue weighted by Gasteiger charge is 2.31. The molecule has 114 valence electrons. The number of nitrogens with zero attached hydrogens (tertiary/aromatic N) is 2. The summed E-state index contributed by atoms with van der Waals surface area (Å²) in [7, 11) is -3.98. The highest BCUT2D eigenvalue weighted by atomic mass is 32.2. The number of hydrogen-bond donors (Lipinski definition) is 1. The van der Waals surface area contributed by atoms with Crippen molar-refractivity contribution in [2.75, 3.05) is 6.54 Å². The van der Waals surface area contributed by atoms with Crippen LogP contribution in [0.2, 0.25) is 0 Å². The van der Waals surface area contributed by atoms with Gasteiger partial charge < -0.3 is 4.57 Å². The van der Waals surface area contributed by atoms with Crippen molar-refractivity contribution >= 4 is 10.0 Å². The quantitative estimate of drug-likeness (QED) is 0.915. The van der Waals surface area contributed by atoms with E-state index >= 15 is 0 Å². The zero-order valence-electron chi connectivity index (χ0n) is 10.7. The second-order valence-corrected chi connectivity index (χ2v) is 5.99. The zero-order chi connectivity index (χ0) is 15.5. The summed E-state index contributed by atoms with van der Waals surface area (Å²) in [5.41, 5.74) is -1.00. The Balaban J connectivity index is 2.08. The first-order chi connectivity index (χ1) is 9.79. The molecule has 0 unspecified atom stereocenters. The van der Waals surface area contributed by atoms with Gasteiger partial charge in [-0.05, 0) is 18.2 Å². The number of aromatic nitrogens is 2. The molecule has 0 aliphatic rings. The van der Waals surface area contributed by atoms with E-state index in [1.54, 1.807) is 17.0 Å². The summed E-state index contributed by atoms with van der Waals surface area (Å²) >= 11 is 0. The number of imidazole rings is 1. The molecule has 0 fully saturated rings. The molecular formula is C12H12F3N3O2S. The van der Waals surface area contributed by atoms with Crippen molar-refractivity contribution in [1.82, 2.24) is 14.3 Å². The number of benzene rings is 1. The molecule has 0 aliphatic carbocycles. The fourth-order valence-electron chi connectivity index (χ4n) is 1.65. The molecule has 0 bridgehead atoms. The summed E-state index contributed by atoms with van der Waals surface area (Å²) in [6, 6.07) is 3.62. The molecule has 1 heterocycles. The van der Waals surface area contributed by atoms with Crippen molar-refractivity contribution in [2.45, 2.75) is 17.6 Å². The molecule has 2 rings (SSSR count). The fourth-order valence-corrected chi connectivity index (χ4v) is 2.72. The molecule has 5 nitrogen and oxygen atoms in total. The SMILES string of the molecule is O=S(=O)(NCCn1ccnc1)c1cccc(C(F)(F)F)c1. The highest BCUT2D eigenvalue weighted by Crippen LogP contribution is 2.30. The van der Waals surface area contributed by atoms with Gasteiger partial charge in [0.2, 0.25) is 10.0 Å². The number of alkyl halides is 3. The third-order valence-corrected chi connectivity index (χ3v) is 4.15. The van der Waals surface area contributed by atoms with Gasteiger partial charge in [0.1, 0.15) is 0 Å². The largest absolute Gasteiger partial charge is 0.416 e. The molecule has 1 aromatic carbocycles. The van der Waals surface area contributed by atoms with E-state index in [1.807, 2.05) is 0 Å². The standard InChI is InChI=1S/C12H12F3N3O2S/c13-12(14,15)10-2-1-3-11(8-10)21(19,20)17-5-7-18-6-4-16-9-18/h1-4,6,8-9,17H,5,7H2. The fraction of sp³-hybridized carbons (Fsp3) is 0.250. The van der Waals surface area contributed by atoms with E-state index in [9.17, 15) is 21.6 Å². The highest BCUT2D eigenvalue weighted by molar-refractivity contribution is 7.89. The Kier molecular flexibility index (Phi) is 4.33. The van der Waals surface area contributed by atoms with Crippen LogP contribution in [0.1, 0.15) is 5.56 Å². The second kappa shape index (κ2) is 5.86. The van der Waals surface area contributed by atoms with E-state index < -0.39 is 26.7 Å². The van der Waals surface area contributed by atoms with Gasteiger partial charge in [0.25, 0.3) is 0 Å². The summed E-state index contributed by atoms with van der Waals surface area (Å²) in [5, 5.41) is 0. The van der Waals surface area contributed by atoms with Crippen LogP contribution in [0.3, 0.4) is 0 Å². The Labute approximate surface area is 119 Å². The van der Waals surface area contributed by atoms with Gasteiger partial charge in [-0.15, -0.1) is 0 Å². The van der Waals surface area contributed by atoms with Crippen molar-refractivity contribution < 1.29 is 21.6 Å². The van der Waals surface area contributed by atoms with Crippen molar-refractivity contribution in [2.24, 2.45) is 0 Å². The lowest BCUT2D eigenvalue weighted by Crippen LogP contribution is -2.27. The lowest BCUT2D eigenvalue weighted by Gasteiger charge is -2.10. The van der Waals surface area contributed by atoms with Crippen molar-refractivity contribution in [3.63, 3.8) is 0 Å². The van der Waals surface area contributed by atoms with Gasteiger partial charge in [-0.2, -0.15) is 13.2 Å². The van der Waals surface area contributed by atoms with Gasteiger partial charge in [-0.3, -0.25) is 0 Å². The first kappa shape index (κ1) is 15.5. The lowest BCUT2D eigenvalue weighted by molar-refractivity contribution is -0.137. The van der Waals surface area contributed by atoms with Crippen LogP contribution in [0.4, 0.5) is 13.2 Å². The molecule has 1 N–H and O–H groups in total. The Hall–Kier alpha value is -1.87. The lowest BCUT2D eigenvalue weighted by atomic mass is 10.2. The molecule has 0 saturated heterocycles. The number of rotatable bonds is 5. The molecule has 0 amide bonds. The average Bonchev–Trinajstić information content (AvgIpc) is 2.91. The van der Waals surface area contributed by atoms with Crippen LogP contribution >= 0.6 is 0 Å². The monoisotopic (exact) mass is 319 g/mol. The summed E-state index contributed by atoms with van der Waals surface area (Å²) in [6.07, 6.45) is 0.126. The van der Waals surface area contributed by atoms with Crippen LogP contribution < -0.4 is 4.72 Å². The molecule has 0 saturated carbocycles. The zero-order valence-corrected chi connectivity index (χ0v) is 11.5. The molecule has 0 radical (unpaired) electrons. The summed E-state index contributed by atoms with van der Waals surface area (Å²) < 4.78 is 65.5. The smallest absolute Gasteiger partial charge is 0.336 e. The van der Waals surface area contributed by atoms with E-state index in [2.05, 4.69) is 9.71 Å². The molecule has 9 heteroatoms. The average molecular weight is 319 g/mol. The van der Waals surface area contributed by atoms with Crippen LogP contribution in [0.5, 0.6) is 0 Å². The van der Waals surface area contributed by atoms with Gasteiger partial charge >= 0.3 is 6.18 Å². The molecule has 0 spiro atoms. The van der Waals surface area contributed by atoms with Gasteiger partial charge in [0.15, 0.2) is 0 Å². The maximum absolute atomic E-state index is 12.6. The number of nitrogens with one attached hydrogen (secondary N) is 1. The minimum Gasteiger partial charge on any atom is -0.336 e. The molecule has 2 aromatic rings. The van der Waals surface area contributed by atoms with Crippen molar-refractivity contribution in [1.29, 1.82) is 0 Å². The van der Waals surface area contributed by atoms with Gasteiger partial charge in [-0.1, -0.05) is 6.07 Å². The Morgan fingerprint density at radius 3 is 2.67 bits per heavy atom. The topological polar surface area (TPSA) is 64.0 Å². The van der Waals surface area contributed by atoms with Gasteiger partial charge in [-0.25, -0.2) is 18.1 Å². The number of sulfonamides is 1. The maximum Gasteiger partial charge on any atom is 0.416 e. The number of halogens is 3. The van der Waals surface area contributed by atoms with E-state index in [-0.39, 0.29) is 6.54 Å². The van der Waals surface area contributed by atoms with Crippen molar-refractivity contribution in [3.8, 4) is 0 Å². The van der Waals surface area contributed by atoms with Crippen LogP contribution in [-0.2, 0) is 22.7 Å². The minimum atomic E-state index is -4.58. The summed E-state index contributed by atoms with van der Waals surface area (Å²) in [6.45, 7) is 0.382. The predicted molar refractivity (Wildman–Crippen MR) is 68.9 cm³/mol. The van der Waals surface area contributed by atoms with E-state index in [4.69, 9.17) is 0 Å². The third-order valence-electron chi connectivity index (χ3n) is 2.69. The van der Waals surface area contributed by atoms with Gasteiger partial charge in [0.05, 0.1) is 16.8 Å². The second-order valence-electron chi connectivity index (χ2n) is 4.22.